The van der Waals surface area contributed by atoms with Crippen LogP contribution in [0.1, 0.15) is 35.8 Å². The van der Waals surface area contributed by atoms with Gasteiger partial charge in [0.25, 0.3) is 5.69 Å². The molecule has 0 aliphatic carbocycles. The van der Waals surface area contributed by atoms with Gasteiger partial charge in [0.1, 0.15) is 0 Å². The number of benzene rings is 1. The Morgan fingerprint density at radius 2 is 2.20 bits per heavy atom. The molecule has 0 spiro atoms. The monoisotopic (exact) mass is 276 g/mol. The molecule has 0 radical (unpaired) electrons. The standard InChI is InChI=1S/C13H16N4O3/c1-8-4-5-11(6-12(8)17(18)19)9(2)14-7-13-15-10(3)16-20-13/h4-6,9,14H,7H2,1-3H3. The predicted octanol–water partition coefficient (Wildman–Crippen LogP) is 2.45. The minimum atomic E-state index is -0.368. The second kappa shape index (κ2) is 5.79. The fraction of sp³-hybridized carbons (Fsp3) is 0.385. The average molecular weight is 276 g/mol. The van der Waals surface area contributed by atoms with E-state index in [9.17, 15) is 10.1 Å². The van der Waals surface area contributed by atoms with Crippen LogP contribution in [0.3, 0.4) is 0 Å². The van der Waals surface area contributed by atoms with Crippen LogP contribution in [0.2, 0.25) is 0 Å². The van der Waals surface area contributed by atoms with Crippen molar-refractivity contribution in [1.29, 1.82) is 0 Å². The van der Waals surface area contributed by atoms with E-state index in [1.807, 2.05) is 13.0 Å². The van der Waals surface area contributed by atoms with E-state index in [1.54, 1.807) is 26.0 Å². The van der Waals surface area contributed by atoms with Crippen LogP contribution in [-0.2, 0) is 6.54 Å². The molecule has 7 nitrogen and oxygen atoms in total. The Balaban J connectivity index is 2.07. The summed E-state index contributed by atoms with van der Waals surface area (Å²) in [7, 11) is 0. The van der Waals surface area contributed by atoms with Gasteiger partial charge in [-0.1, -0.05) is 17.3 Å². The topological polar surface area (TPSA) is 94.1 Å². The highest BCUT2D eigenvalue weighted by Crippen LogP contribution is 2.23. The molecular formula is C13H16N4O3. The number of hydrogen-bond acceptors (Lipinski definition) is 6. The molecule has 1 N–H and O–H groups in total. The van der Waals surface area contributed by atoms with E-state index in [0.29, 0.717) is 23.8 Å². The predicted molar refractivity (Wildman–Crippen MR) is 72.1 cm³/mol. The maximum absolute atomic E-state index is 10.9. The van der Waals surface area contributed by atoms with Crippen LogP contribution in [0, 0.1) is 24.0 Å². The van der Waals surface area contributed by atoms with E-state index >= 15 is 0 Å². The first-order chi connectivity index (χ1) is 9.47. The Hall–Kier alpha value is -2.28. The van der Waals surface area contributed by atoms with Crippen LogP contribution in [0.5, 0.6) is 0 Å². The largest absolute Gasteiger partial charge is 0.338 e. The zero-order chi connectivity index (χ0) is 14.7. The van der Waals surface area contributed by atoms with Crippen LogP contribution >= 0.6 is 0 Å². The van der Waals surface area contributed by atoms with Crippen LogP contribution in [0.4, 0.5) is 5.69 Å². The number of nitrogens with one attached hydrogen (secondary N) is 1. The lowest BCUT2D eigenvalue weighted by Crippen LogP contribution is -2.18. The Bertz CT molecular complexity index is 624. The lowest BCUT2D eigenvalue weighted by Gasteiger charge is -2.13. The molecule has 1 aromatic heterocycles. The normalized spacial score (nSPS) is 12.3. The van der Waals surface area contributed by atoms with Crippen LogP contribution in [0.15, 0.2) is 22.7 Å². The molecule has 0 saturated carbocycles. The summed E-state index contributed by atoms with van der Waals surface area (Å²) in [6.07, 6.45) is 0. The van der Waals surface area contributed by atoms with Crippen molar-refractivity contribution in [3.8, 4) is 0 Å². The van der Waals surface area contributed by atoms with E-state index in [-0.39, 0.29) is 16.7 Å². The van der Waals surface area contributed by atoms with Gasteiger partial charge in [0, 0.05) is 17.7 Å². The first-order valence-corrected chi connectivity index (χ1v) is 6.25. The van der Waals surface area contributed by atoms with E-state index in [1.165, 1.54) is 0 Å². The first kappa shape index (κ1) is 14.1. The van der Waals surface area contributed by atoms with Gasteiger partial charge in [0.2, 0.25) is 5.89 Å². The summed E-state index contributed by atoms with van der Waals surface area (Å²) >= 11 is 0. The molecule has 1 unspecified atom stereocenters. The average Bonchev–Trinajstić information content (AvgIpc) is 2.82. The SMILES string of the molecule is Cc1noc(CNC(C)c2ccc(C)c([N+](=O)[O-])c2)n1. The highest BCUT2D eigenvalue weighted by Gasteiger charge is 2.14. The molecule has 1 heterocycles. The van der Waals surface area contributed by atoms with Crippen molar-refractivity contribution in [3.63, 3.8) is 0 Å². The second-order valence-electron chi connectivity index (χ2n) is 4.64. The fourth-order valence-electron chi connectivity index (χ4n) is 1.86. The van der Waals surface area contributed by atoms with Crippen molar-refractivity contribution in [3.05, 3.63) is 51.2 Å². The number of rotatable bonds is 5. The molecule has 0 bridgehead atoms. The van der Waals surface area contributed by atoms with Crippen LogP contribution < -0.4 is 5.32 Å². The number of aromatic nitrogens is 2. The second-order valence-corrected chi connectivity index (χ2v) is 4.64. The van der Waals surface area contributed by atoms with Gasteiger partial charge in [-0.2, -0.15) is 4.98 Å². The molecule has 2 aromatic rings. The maximum Gasteiger partial charge on any atom is 0.272 e. The van der Waals surface area contributed by atoms with E-state index in [4.69, 9.17) is 4.52 Å². The van der Waals surface area contributed by atoms with E-state index < -0.39 is 0 Å². The third-order valence-corrected chi connectivity index (χ3v) is 3.06. The number of nitrogens with zero attached hydrogens (tertiary/aromatic N) is 3. The highest BCUT2D eigenvalue weighted by molar-refractivity contribution is 5.43. The quantitative estimate of drug-likeness (QED) is 0.665. The van der Waals surface area contributed by atoms with Gasteiger partial charge in [-0.25, -0.2) is 0 Å². The molecule has 0 aliphatic rings. The lowest BCUT2D eigenvalue weighted by molar-refractivity contribution is -0.385. The summed E-state index contributed by atoms with van der Waals surface area (Å²) in [5, 5.41) is 17.8. The van der Waals surface area contributed by atoms with Crippen molar-refractivity contribution in [2.45, 2.75) is 33.4 Å². The Morgan fingerprint density at radius 1 is 1.45 bits per heavy atom. The molecule has 2 rings (SSSR count). The van der Waals surface area contributed by atoms with Crippen molar-refractivity contribution in [2.75, 3.05) is 0 Å². The van der Waals surface area contributed by atoms with Crippen molar-refractivity contribution < 1.29 is 9.45 Å². The van der Waals surface area contributed by atoms with Gasteiger partial charge in [0.15, 0.2) is 5.82 Å². The summed E-state index contributed by atoms with van der Waals surface area (Å²) in [4.78, 5) is 14.7. The molecule has 1 aromatic carbocycles. The number of nitro benzene ring substituents is 1. The minimum Gasteiger partial charge on any atom is -0.338 e. The molecule has 0 amide bonds. The molecule has 0 aliphatic heterocycles. The van der Waals surface area contributed by atoms with Crippen molar-refractivity contribution in [1.82, 2.24) is 15.5 Å². The lowest BCUT2D eigenvalue weighted by atomic mass is 10.0. The van der Waals surface area contributed by atoms with Gasteiger partial charge in [0.05, 0.1) is 11.5 Å². The number of aryl methyl sites for hydroxylation is 2. The fourth-order valence-corrected chi connectivity index (χ4v) is 1.86. The van der Waals surface area contributed by atoms with Crippen molar-refractivity contribution in [2.24, 2.45) is 0 Å². The summed E-state index contributed by atoms with van der Waals surface area (Å²) in [5.41, 5.74) is 1.63. The summed E-state index contributed by atoms with van der Waals surface area (Å²) < 4.78 is 5.00. The van der Waals surface area contributed by atoms with Crippen LogP contribution in [0.25, 0.3) is 0 Å². The summed E-state index contributed by atoms with van der Waals surface area (Å²) in [5.74, 6) is 1.08. The third kappa shape index (κ3) is 3.18. The molecule has 7 heteroatoms. The molecule has 106 valence electrons. The third-order valence-electron chi connectivity index (χ3n) is 3.06. The van der Waals surface area contributed by atoms with Gasteiger partial charge in [-0.05, 0) is 26.3 Å². The van der Waals surface area contributed by atoms with Gasteiger partial charge in [-0.15, -0.1) is 0 Å². The van der Waals surface area contributed by atoms with Gasteiger partial charge >= 0.3 is 0 Å². The first-order valence-electron chi connectivity index (χ1n) is 6.25. The Kier molecular flexibility index (Phi) is 4.09. The van der Waals surface area contributed by atoms with Crippen LogP contribution in [-0.4, -0.2) is 15.1 Å². The molecule has 1 atom stereocenters. The maximum atomic E-state index is 10.9. The number of hydrogen-bond donors (Lipinski definition) is 1. The van der Waals surface area contributed by atoms with Crippen molar-refractivity contribution >= 4 is 5.69 Å². The van der Waals surface area contributed by atoms with Gasteiger partial charge in [-0.3, -0.25) is 10.1 Å². The smallest absolute Gasteiger partial charge is 0.272 e. The molecule has 20 heavy (non-hydrogen) atoms. The highest BCUT2D eigenvalue weighted by atomic mass is 16.6. The van der Waals surface area contributed by atoms with Gasteiger partial charge < -0.3 is 9.84 Å². The van der Waals surface area contributed by atoms with E-state index in [2.05, 4.69) is 15.5 Å². The zero-order valence-corrected chi connectivity index (χ0v) is 11.6. The zero-order valence-electron chi connectivity index (χ0n) is 11.6. The summed E-state index contributed by atoms with van der Waals surface area (Å²) in [6.45, 7) is 5.82. The Morgan fingerprint density at radius 3 is 2.80 bits per heavy atom. The Labute approximate surface area is 116 Å². The van der Waals surface area contributed by atoms with E-state index in [0.717, 1.165) is 5.56 Å². The minimum absolute atomic E-state index is 0.0542. The molecule has 0 saturated heterocycles. The molecule has 0 fully saturated rings. The summed E-state index contributed by atoms with van der Waals surface area (Å²) in [6, 6.07) is 5.16. The molecular weight excluding hydrogens is 260 g/mol. The number of nitro groups is 1.